The predicted octanol–water partition coefficient (Wildman–Crippen LogP) is 2.47. The van der Waals surface area contributed by atoms with Crippen molar-refractivity contribution >= 4 is 11.8 Å². The van der Waals surface area contributed by atoms with Crippen molar-refractivity contribution in [2.75, 3.05) is 6.54 Å². The first-order valence-electron chi connectivity index (χ1n) is 7.98. The maximum Gasteiger partial charge on any atom is 0.255 e. The summed E-state index contributed by atoms with van der Waals surface area (Å²) >= 11 is 0. The summed E-state index contributed by atoms with van der Waals surface area (Å²) in [6.07, 6.45) is 4.56. The number of phenolic OH excluding ortho intramolecular Hbond substituents is 1. The minimum Gasteiger partial charge on any atom is -0.508 e. The zero-order chi connectivity index (χ0) is 17.1. The molecule has 1 aromatic heterocycles. The van der Waals surface area contributed by atoms with Crippen molar-refractivity contribution in [3.05, 3.63) is 54.0 Å². The van der Waals surface area contributed by atoms with Gasteiger partial charge in [-0.2, -0.15) is 0 Å². The second-order valence-electron chi connectivity index (χ2n) is 5.99. The molecule has 6 heteroatoms. The maximum atomic E-state index is 12.7. The average molecular weight is 328 g/mol. The number of phenols is 1. The number of hydrogen-bond acceptors (Lipinski definition) is 4. The first-order valence-corrected chi connectivity index (χ1v) is 7.98. The first-order chi connectivity index (χ1) is 11.6. The summed E-state index contributed by atoms with van der Waals surface area (Å²) in [7, 11) is 0. The predicted molar refractivity (Wildman–Crippen MR) is 87.4 cm³/mol. The fraction of sp³-hybridized carbons (Fsp3) is 0.333. The number of likely N-dealkylation sites (tertiary alicyclic amines) is 1. The van der Waals surface area contributed by atoms with Gasteiger partial charge in [0.1, 0.15) is 18.1 Å². The minimum absolute atomic E-state index is 0.0219. The number of hydrogen-bond donors (Lipinski definition) is 2. The number of rotatable bonds is 4. The van der Waals surface area contributed by atoms with E-state index in [1.165, 1.54) is 12.5 Å². The quantitative estimate of drug-likeness (QED) is 0.903. The van der Waals surface area contributed by atoms with Gasteiger partial charge in [0.05, 0.1) is 17.9 Å². The lowest BCUT2D eigenvalue weighted by atomic mass is 10.0. The van der Waals surface area contributed by atoms with Gasteiger partial charge in [-0.1, -0.05) is 12.1 Å². The van der Waals surface area contributed by atoms with Crippen molar-refractivity contribution in [3.63, 3.8) is 0 Å². The third-order valence-electron chi connectivity index (χ3n) is 4.32. The lowest BCUT2D eigenvalue weighted by Gasteiger charge is -2.28. The third kappa shape index (κ3) is 3.27. The van der Waals surface area contributed by atoms with Crippen LogP contribution in [-0.2, 0) is 4.79 Å². The second-order valence-corrected chi connectivity index (χ2v) is 5.99. The van der Waals surface area contributed by atoms with Gasteiger partial charge in [-0.3, -0.25) is 9.59 Å². The van der Waals surface area contributed by atoms with Crippen molar-refractivity contribution < 1.29 is 19.1 Å². The van der Waals surface area contributed by atoms with Crippen LogP contribution < -0.4 is 5.32 Å². The van der Waals surface area contributed by atoms with Gasteiger partial charge in [-0.15, -0.1) is 0 Å². The summed E-state index contributed by atoms with van der Waals surface area (Å²) in [5, 5.41) is 12.1. The van der Waals surface area contributed by atoms with Gasteiger partial charge in [-0.25, -0.2) is 0 Å². The molecule has 0 saturated carbocycles. The molecule has 1 aromatic carbocycles. The fourth-order valence-corrected chi connectivity index (χ4v) is 3.06. The topological polar surface area (TPSA) is 82.8 Å². The summed E-state index contributed by atoms with van der Waals surface area (Å²) < 4.78 is 4.89. The Morgan fingerprint density at radius 1 is 1.29 bits per heavy atom. The molecule has 0 bridgehead atoms. The summed E-state index contributed by atoms with van der Waals surface area (Å²) in [4.78, 5) is 26.6. The lowest BCUT2D eigenvalue weighted by molar-refractivity contribution is -0.133. The Labute approximate surface area is 140 Å². The van der Waals surface area contributed by atoms with Crippen LogP contribution in [0.1, 0.15) is 41.7 Å². The largest absolute Gasteiger partial charge is 0.508 e. The molecule has 2 N–H and O–H groups in total. The normalized spacial score (nSPS) is 18.4. The number of furan rings is 1. The Kier molecular flexibility index (Phi) is 4.55. The van der Waals surface area contributed by atoms with E-state index in [-0.39, 0.29) is 23.6 Å². The molecule has 24 heavy (non-hydrogen) atoms. The van der Waals surface area contributed by atoms with E-state index in [0.29, 0.717) is 12.1 Å². The summed E-state index contributed by atoms with van der Waals surface area (Å²) in [6.45, 7) is 2.35. The zero-order valence-electron chi connectivity index (χ0n) is 13.4. The smallest absolute Gasteiger partial charge is 0.255 e. The van der Waals surface area contributed by atoms with Crippen molar-refractivity contribution in [2.24, 2.45) is 0 Å². The molecule has 0 aliphatic carbocycles. The fourth-order valence-electron chi connectivity index (χ4n) is 3.06. The molecule has 2 atom stereocenters. The van der Waals surface area contributed by atoms with Gasteiger partial charge in [0.2, 0.25) is 5.91 Å². The van der Waals surface area contributed by atoms with Crippen molar-refractivity contribution in [2.45, 2.75) is 31.8 Å². The summed E-state index contributed by atoms with van der Waals surface area (Å²) in [6, 6.07) is 7.83. The molecule has 0 unspecified atom stereocenters. The van der Waals surface area contributed by atoms with Crippen LogP contribution in [0, 0.1) is 0 Å². The van der Waals surface area contributed by atoms with E-state index < -0.39 is 6.04 Å². The Hall–Kier alpha value is -2.76. The SMILES string of the molecule is C[C@@H](NC(=O)c1ccoc1)C(=O)N1CCC[C@H]1c1ccc(O)cc1. The van der Waals surface area contributed by atoms with Gasteiger partial charge in [0.25, 0.3) is 5.91 Å². The minimum atomic E-state index is -0.620. The molecule has 3 rings (SSSR count). The number of carbonyl (C=O) groups excluding carboxylic acids is 2. The molecular formula is C18H20N2O4. The highest BCUT2D eigenvalue weighted by Gasteiger charge is 2.33. The molecule has 6 nitrogen and oxygen atoms in total. The Balaban J connectivity index is 1.68. The Morgan fingerprint density at radius 3 is 2.71 bits per heavy atom. The van der Waals surface area contributed by atoms with Gasteiger partial charge in [0.15, 0.2) is 0 Å². The maximum absolute atomic E-state index is 12.7. The van der Waals surface area contributed by atoms with Gasteiger partial charge >= 0.3 is 0 Å². The number of amides is 2. The lowest BCUT2D eigenvalue weighted by Crippen LogP contribution is -2.46. The number of nitrogens with zero attached hydrogens (tertiary/aromatic N) is 1. The molecule has 2 aromatic rings. The van der Waals surface area contributed by atoms with E-state index in [1.54, 1.807) is 30.0 Å². The van der Waals surface area contributed by atoms with E-state index in [0.717, 1.165) is 18.4 Å². The Bertz CT molecular complexity index is 709. The van der Waals surface area contributed by atoms with Crippen LogP contribution >= 0.6 is 0 Å². The van der Waals surface area contributed by atoms with Gasteiger partial charge in [0, 0.05) is 6.54 Å². The zero-order valence-corrected chi connectivity index (χ0v) is 13.4. The molecule has 2 heterocycles. The highest BCUT2D eigenvalue weighted by molar-refractivity contribution is 5.97. The molecule has 1 aliphatic rings. The highest BCUT2D eigenvalue weighted by Crippen LogP contribution is 2.33. The van der Waals surface area contributed by atoms with Crippen LogP contribution in [0.2, 0.25) is 0 Å². The van der Waals surface area contributed by atoms with Crippen LogP contribution in [0.25, 0.3) is 0 Å². The molecule has 1 aliphatic heterocycles. The van der Waals surface area contributed by atoms with Gasteiger partial charge in [-0.05, 0) is 43.5 Å². The van der Waals surface area contributed by atoms with Crippen molar-refractivity contribution in [1.29, 1.82) is 0 Å². The second kappa shape index (κ2) is 6.78. The molecular weight excluding hydrogens is 308 g/mol. The average Bonchev–Trinajstić information content (AvgIpc) is 3.26. The van der Waals surface area contributed by atoms with Crippen molar-refractivity contribution in [3.8, 4) is 5.75 Å². The first kappa shape index (κ1) is 16.1. The van der Waals surface area contributed by atoms with Crippen LogP contribution in [0.15, 0.2) is 47.3 Å². The number of aromatic hydroxyl groups is 1. The van der Waals surface area contributed by atoms with Crippen LogP contribution in [0.3, 0.4) is 0 Å². The monoisotopic (exact) mass is 328 g/mol. The molecule has 1 saturated heterocycles. The van der Waals surface area contributed by atoms with E-state index in [9.17, 15) is 14.7 Å². The highest BCUT2D eigenvalue weighted by atomic mass is 16.3. The molecule has 1 fully saturated rings. The third-order valence-corrected chi connectivity index (χ3v) is 4.32. The Morgan fingerprint density at radius 2 is 2.04 bits per heavy atom. The molecule has 126 valence electrons. The van der Waals surface area contributed by atoms with E-state index in [1.807, 2.05) is 12.1 Å². The van der Waals surface area contributed by atoms with Crippen molar-refractivity contribution in [1.82, 2.24) is 10.2 Å². The summed E-state index contributed by atoms with van der Waals surface area (Å²) in [5.74, 6) is -0.234. The number of carbonyl (C=O) groups is 2. The van der Waals surface area contributed by atoms with E-state index in [4.69, 9.17) is 4.42 Å². The summed E-state index contributed by atoms with van der Waals surface area (Å²) in [5.41, 5.74) is 1.39. The van der Waals surface area contributed by atoms with E-state index >= 15 is 0 Å². The van der Waals surface area contributed by atoms with Crippen LogP contribution in [0.5, 0.6) is 5.75 Å². The number of benzene rings is 1. The molecule has 0 radical (unpaired) electrons. The van der Waals surface area contributed by atoms with Crippen LogP contribution in [-0.4, -0.2) is 34.4 Å². The molecule has 2 amide bonds. The van der Waals surface area contributed by atoms with Crippen LogP contribution in [0.4, 0.5) is 0 Å². The number of nitrogens with one attached hydrogen (secondary N) is 1. The van der Waals surface area contributed by atoms with Gasteiger partial charge < -0.3 is 19.7 Å². The standard InChI is InChI=1S/C18H20N2O4/c1-12(19-17(22)14-8-10-24-11-14)18(23)20-9-2-3-16(20)13-4-6-15(21)7-5-13/h4-8,10-12,16,21H,2-3,9H2,1H3,(H,19,22)/t12-,16+/m1/s1. The van der Waals surface area contributed by atoms with E-state index in [2.05, 4.69) is 5.32 Å². The molecule has 0 spiro atoms.